The molecule has 156 valence electrons. The summed E-state index contributed by atoms with van der Waals surface area (Å²) < 4.78 is 37.5. The maximum absolute atomic E-state index is 12.4. The molecule has 9 nitrogen and oxygen atoms in total. The van der Waals surface area contributed by atoms with Gasteiger partial charge in [-0.25, -0.2) is 8.42 Å². The van der Waals surface area contributed by atoms with Gasteiger partial charge in [-0.3, -0.25) is 4.57 Å². The standard InChI is InChI=1S/C20H19N3O6S/c24-23(25)19-11-22-10-18(14-30(26,27)20(22)21-19)29-13-16-8-6-15(7-9-16)12-28-17-4-2-1-3-5-17/h1-9,11,18H,10,12-14H2. The fourth-order valence-electron chi connectivity index (χ4n) is 3.17. The summed E-state index contributed by atoms with van der Waals surface area (Å²) in [6.07, 6.45) is 0.515. The molecule has 1 aliphatic rings. The molecule has 1 unspecified atom stereocenters. The van der Waals surface area contributed by atoms with Crippen molar-refractivity contribution in [3.8, 4) is 5.75 Å². The van der Waals surface area contributed by atoms with E-state index in [-0.39, 0.29) is 24.1 Å². The Bertz CT molecular complexity index is 1140. The first-order valence-electron chi connectivity index (χ1n) is 9.22. The number of hydrogen-bond acceptors (Lipinski definition) is 7. The lowest BCUT2D eigenvalue weighted by molar-refractivity contribution is -0.389. The van der Waals surface area contributed by atoms with Crippen LogP contribution < -0.4 is 4.74 Å². The SMILES string of the molecule is O=[N+]([O-])c1cn2c(n1)S(=O)(=O)CC(OCc1ccc(COc3ccccc3)cc1)C2. The van der Waals surface area contributed by atoms with Crippen molar-refractivity contribution in [3.05, 3.63) is 82.0 Å². The summed E-state index contributed by atoms with van der Waals surface area (Å²) >= 11 is 0. The van der Waals surface area contributed by atoms with Gasteiger partial charge in [0.05, 0.1) is 25.0 Å². The average Bonchev–Trinajstić information content (AvgIpc) is 3.18. The molecule has 1 aliphatic heterocycles. The van der Waals surface area contributed by atoms with Gasteiger partial charge in [-0.05, 0) is 33.2 Å². The second-order valence-corrected chi connectivity index (χ2v) is 8.85. The number of nitro groups is 1. The number of benzene rings is 2. The highest BCUT2D eigenvalue weighted by Crippen LogP contribution is 2.24. The van der Waals surface area contributed by atoms with Crippen LogP contribution in [0.25, 0.3) is 0 Å². The third-order valence-corrected chi connectivity index (χ3v) is 6.35. The Morgan fingerprint density at radius 1 is 1.07 bits per heavy atom. The molecular formula is C20H19N3O6S. The number of fused-ring (bicyclic) bond motifs is 1. The highest BCUT2D eigenvalue weighted by atomic mass is 32.2. The van der Waals surface area contributed by atoms with Gasteiger partial charge in [0, 0.05) is 0 Å². The first-order valence-corrected chi connectivity index (χ1v) is 10.9. The van der Waals surface area contributed by atoms with Gasteiger partial charge < -0.3 is 19.6 Å². The second-order valence-electron chi connectivity index (χ2n) is 6.92. The number of sulfone groups is 1. The van der Waals surface area contributed by atoms with E-state index in [1.165, 1.54) is 4.57 Å². The molecule has 0 amide bonds. The minimum absolute atomic E-state index is 0.193. The van der Waals surface area contributed by atoms with Crippen LogP contribution in [0.1, 0.15) is 11.1 Å². The first kappa shape index (κ1) is 20.0. The van der Waals surface area contributed by atoms with Gasteiger partial charge in [-0.2, -0.15) is 0 Å². The maximum atomic E-state index is 12.4. The number of hydrogen-bond donors (Lipinski definition) is 0. The van der Waals surface area contributed by atoms with Crippen molar-refractivity contribution in [2.45, 2.75) is 31.0 Å². The van der Waals surface area contributed by atoms with E-state index in [1.807, 2.05) is 54.6 Å². The zero-order chi connectivity index (χ0) is 21.1. The normalized spacial score (nSPS) is 17.3. The fraction of sp³-hybridized carbons (Fsp3) is 0.250. The molecule has 2 aromatic carbocycles. The second kappa shape index (κ2) is 8.25. The molecule has 0 saturated carbocycles. The van der Waals surface area contributed by atoms with Gasteiger partial charge in [0.2, 0.25) is 9.84 Å². The molecule has 1 aromatic heterocycles. The van der Waals surface area contributed by atoms with E-state index in [4.69, 9.17) is 9.47 Å². The van der Waals surface area contributed by atoms with Crippen LogP contribution in [0.4, 0.5) is 5.82 Å². The lowest BCUT2D eigenvalue weighted by Crippen LogP contribution is -2.35. The lowest BCUT2D eigenvalue weighted by atomic mass is 10.1. The predicted octanol–water partition coefficient (Wildman–Crippen LogP) is 2.74. The lowest BCUT2D eigenvalue weighted by Gasteiger charge is -2.22. The van der Waals surface area contributed by atoms with Crippen molar-refractivity contribution >= 4 is 15.7 Å². The Kier molecular flexibility index (Phi) is 5.51. The summed E-state index contributed by atoms with van der Waals surface area (Å²) in [5.74, 6) is 0.0505. The molecule has 0 N–H and O–H groups in total. The molecule has 10 heteroatoms. The Morgan fingerprint density at radius 3 is 2.40 bits per heavy atom. The molecule has 0 fully saturated rings. The van der Waals surface area contributed by atoms with Crippen LogP contribution in [0, 0.1) is 10.1 Å². The van der Waals surface area contributed by atoms with Gasteiger partial charge in [0.25, 0.3) is 0 Å². The molecule has 2 heterocycles. The van der Waals surface area contributed by atoms with Gasteiger partial charge in [-0.1, -0.05) is 42.5 Å². The highest BCUT2D eigenvalue weighted by Gasteiger charge is 2.38. The van der Waals surface area contributed by atoms with Gasteiger partial charge in [-0.15, -0.1) is 0 Å². The molecular weight excluding hydrogens is 410 g/mol. The summed E-state index contributed by atoms with van der Waals surface area (Å²) in [5.41, 5.74) is 1.89. The number of imidazole rings is 1. The maximum Gasteiger partial charge on any atom is 0.383 e. The van der Waals surface area contributed by atoms with Crippen molar-refractivity contribution in [3.63, 3.8) is 0 Å². The minimum atomic E-state index is -3.74. The van der Waals surface area contributed by atoms with Gasteiger partial charge >= 0.3 is 11.0 Å². The molecule has 0 aliphatic carbocycles. The quantitative estimate of drug-likeness (QED) is 0.419. The molecule has 3 aromatic rings. The summed E-state index contributed by atoms with van der Waals surface area (Å²) in [7, 11) is -3.74. The summed E-state index contributed by atoms with van der Waals surface area (Å²) in [5, 5.41) is 10.6. The van der Waals surface area contributed by atoms with E-state index in [9.17, 15) is 18.5 Å². The average molecular weight is 429 g/mol. The number of aromatic nitrogens is 2. The van der Waals surface area contributed by atoms with Crippen molar-refractivity contribution in [1.29, 1.82) is 0 Å². The van der Waals surface area contributed by atoms with Crippen LogP contribution in [0.15, 0.2) is 66.0 Å². The molecule has 1 atom stereocenters. The van der Waals surface area contributed by atoms with Crippen molar-refractivity contribution in [2.24, 2.45) is 0 Å². The van der Waals surface area contributed by atoms with Crippen LogP contribution in [0.3, 0.4) is 0 Å². The number of nitrogens with zero attached hydrogens (tertiary/aromatic N) is 3. The summed E-state index contributed by atoms with van der Waals surface area (Å²) in [4.78, 5) is 13.8. The van der Waals surface area contributed by atoms with Crippen LogP contribution in [0.2, 0.25) is 0 Å². The molecule has 0 bridgehead atoms. The Balaban J connectivity index is 1.35. The van der Waals surface area contributed by atoms with E-state index in [2.05, 4.69) is 4.98 Å². The number of ether oxygens (including phenoxy) is 2. The smallest absolute Gasteiger partial charge is 0.383 e. The van der Waals surface area contributed by atoms with Gasteiger partial charge in [0.1, 0.15) is 18.6 Å². The Labute approximate surface area is 173 Å². The fourth-order valence-corrected chi connectivity index (χ4v) is 4.73. The first-order chi connectivity index (χ1) is 14.4. The molecule has 0 saturated heterocycles. The Morgan fingerprint density at radius 2 is 1.73 bits per heavy atom. The summed E-state index contributed by atoms with van der Waals surface area (Å²) in [6, 6.07) is 17.2. The zero-order valence-electron chi connectivity index (χ0n) is 15.9. The summed E-state index contributed by atoms with van der Waals surface area (Å²) in [6.45, 7) is 0.860. The zero-order valence-corrected chi connectivity index (χ0v) is 16.7. The van der Waals surface area contributed by atoms with Crippen molar-refractivity contribution < 1.29 is 22.8 Å². The molecule has 30 heavy (non-hydrogen) atoms. The van der Waals surface area contributed by atoms with E-state index in [0.717, 1.165) is 23.1 Å². The largest absolute Gasteiger partial charge is 0.489 e. The van der Waals surface area contributed by atoms with Crippen LogP contribution in [0.5, 0.6) is 5.75 Å². The highest BCUT2D eigenvalue weighted by molar-refractivity contribution is 7.91. The minimum Gasteiger partial charge on any atom is -0.489 e. The van der Waals surface area contributed by atoms with Crippen molar-refractivity contribution in [2.75, 3.05) is 5.75 Å². The third-order valence-electron chi connectivity index (χ3n) is 4.66. The van der Waals surface area contributed by atoms with Gasteiger partial charge in [0.15, 0.2) is 0 Å². The van der Waals surface area contributed by atoms with Crippen LogP contribution in [-0.2, 0) is 34.3 Å². The van der Waals surface area contributed by atoms with E-state index in [0.29, 0.717) is 6.61 Å². The van der Waals surface area contributed by atoms with Crippen LogP contribution >= 0.6 is 0 Å². The number of para-hydroxylation sites is 1. The molecule has 4 rings (SSSR count). The monoisotopic (exact) mass is 429 g/mol. The predicted molar refractivity (Wildman–Crippen MR) is 107 cm³/mol. The van der Waals surface area contributed by atoms with E-state index < -0.39 is 26.7 Å². The molecule has 0 radical (unpaired) electrons. The van der Waals surface area contributed by atoms with Crippen molar-refractivity contribution in [1.82, 2.24) is 9.55 Å². The molecule has 0 spiro atoms. The third kappa shape index (κ3) is 4.50. The van der Waals surface area contributed by atoms with E-state index in [1.54, 1.807) is 0 Å². The number of rotatable bonds is 7. The van der Waals surface area contributed by atoms with Crippen LogP contribution in [-0.4, -0.2) is 34.7 Å². The Hall–Kier alpha value is -3.24. The topological polar surface area (TPSA) is 114 Å². The van der Waals surface area contributed by atoms with E-state index >= 15 is 0 Å².